The van der Waals surface area contributed by atoms with Gasteiger partial charge in [0, 0.05) is 29.1 Å². The number of nitrogens with one attached hydrogen (secondary N) is 2. The molecule has 0 aliphatic rings. The van der Waals surface area contributed by atoms with Crippen LogP contribution in [0.5, 0.6) is 0 Å². The van der Waals surface area contributed by atoms with Crippen LogP contribution in [-0.4, -0.2) is 23.3 Å². The van der Waals surface area contributed by atoms with Crippen LogP contribution in [0.15, 0.2) is 42.5 Å². The van der Waals surface area contributed by atoms with Crippen molar-refractivity contribution >= 4 is 28.9 Å². The van der Waals surface area contributed by atoms with Crippen LogP contribution in [0.4, 0.5) is 17.1 Å². The van der Waals surface area contributed by atoms with Crippen molar-refractivity contribution in [3.05, 3.63) is 63.7 Å². The fourth-order valence-electron chi connectivity index (χ4n) is 2.03. The first-order valence-electron chi connectivity index (χ1n) is 7.05. The lowest BCUT2D eigenvalue weighted by molar-refractivity contribution is -0.384. The number of nitrogens with zero attached hydrogens (tertiary/aromatic N) is 1. The Kier molecular flexibility index (Phi) is 5.10. The molecule has 0 aliphatic carbocycles. The van der Waals surface area contributed by atoms with Crippen molar-refractivity contribution in [2.45, 2.75) is 6.92 Å². The summed E-state index contributed by atoms with van der Waals surface area (Å²) in [5.74, 6) is -0.820. The lowest BCUT2D eigenvalue weighted by Crippen LogP contribution is -2.22. The molecule has 0 saturated carbocycles. The predicted octanol–water partition coefficient (Wildman–Crippen LogP) is 2.05. The molecule has 2 aromatic rings. The molecule has 2 amide bonds. The van der Waals surface area contributed by atoms with Crippen LogP contribution in [0.2, 0.25) is 0 Å². The first-order chi connectivity index (χ1) is 11.4. The molecule has 0 saturated heterocycles. The third kappa shape index (κ3) is 4.29. The van der Waals surface area contributed by atoms with E-state index in [9.17, 15) is 19.7 Å². The summed E-state index contributed by atoms with van der Waals surface area (Å²) in [6.07, 6.45) is 0. The van der Waals surface area contributed by atoms with E-state index in [-0.39, 0.29) is 18.1 Å². The van der Waals surface area contributed by atoms with E-state index in [1.165, 1.54) is 18.2 Å². The second-order valence-electron chi connectivity index (χ2n) is 5.10. The maximum atomic E-state index is 12.0. The van der Waals surface area contributed by atoms with E-state index < -0.39 is 10.8 Å². The fraction of sp³-hybridized carbons (Fsp3) is 0.125. The summed E-state index contributed by atoms with van der Waals surface area (Å²) in [5.41, 5.74) is 7.27. The zero-order valence-electron chi connectivity index (χ0n) is 12.9. The Morgan fingerprint density at radius 1 is 1.17 bits per heavy atom. The van der Waals surface area contributed by atoms with Crippen molar-refractivity contribution in [2.75, 3.05) is 17.2 Å². The van der Waals surface area contributed by atoms with Crippen molar-refractivity contribution in [1.82, 2.24) is 0 Å². The summed E-state index contributed by atoms with van der Waals surface area (Å²) in [5, 5.41) is 16.3. The molecular weight excluding hydrogens is 312 g/mol. The molecule has 8 heteroatoms. The van der Waals surface area contributed by atoms with Gasteiger partial charge in [-0.2, -0.15) is 0 Å². The van der Waals surface area contributed by atoms with Crippen molar-refractivity contribution in [2.24, 2.45) is 5.73 Å². The molecular formula is C16H16N4O4. The molecule has 0 aromatic heterocycles. The number of amides is 2. The highest BCUT2D eigenvalue weighted by Gasteiger charge is 2.10. The number of nitro groups is 1. The monoisotopic (exact) mass is 328 g/mol. The molecule has 0 radical (unpaired) electrons. The summed E-state index contributed by atoms with van der Waals surface area (Å²) < 4.78 is 0. The Morgan fingerprint density at radius 3 is 2.38 bits per heavy atom. The summed E-state index contributed by atoms with van der Waals surface area (Å²) in [4.78, 5) is 33.1. The third-order valence-electron chi connectivity index (χ3n) is 3.32. The van der Waals surface area contributed by atoms with Gasteiger partial charge in [-0.25, -0.2) is 0 Å². The first kappa shape index (κ1) is 16.9. The van der Waals surface area contributed by atoms with Crippen LogP contribution in [-0.2, 0) is 4.79 Å². The number of hydrogen-bond acceptors (Lipinski definition) is 5. The lowest BCUT2D eigenvalue weighted by atomic mass is 10.2. The molecule has 0 aliphatic heterocycles. The number of anilines is 2. The van der Waals surface area contributed by atoms with Gasteiger partial charge in [0.15, 0.2) is 0 Å². The molecule has 0 atom stereocenters. The van der Waals surface area contributed by atoms with E-state index in [4.69, 9.17) is 5.73 Å². The minimum absolute atomic E-state index is 0.00630. The number of aryl methyl sites for hydroxylation is 1. The highest BCUT2D eigenvalue weighted by molar-refractivity contribution is 5.95. The number of hydrogen-bond donors (Lipinski definition) is 3. The van der Waals surface area contributed by atoms with Gasteiger partial charge in [-0.05, 0) is 42.8 Å². The molecule has 4 N–H and O–H groups in total. The fourth-order valence-corrected chi connectivity index (χ4v) is 2.03. The van der Waals surface area contributed by atoms with Gasteiger partial charge >= 0.3 is 0 Å². The number of non-ortho nitro benzene ring substituents is 1. The SMILES string of the molecule is Cc1cc([N+](=O)[O-])ccc1NC(=O)CNc1ccc(C(N)=O)cc1. The molecule has 124 valence electrons. The van der Waals surface area contributed by atoms with Crippen LogP contribution in [0, 0.1) is 17.0 Å². The minimum atomic E-state index is -0.520. The molecule has 8 nitrogen and oxygen atoms in total. The van der Waals surface area contributed by atoms with E-state index >= 15 is 0 Å². The zero-order valence-corrected chi connectivity index (χ0v) is 12.9. The number of carbonyl (C=O) groups excluding carboxylic acids is 2. The standard InChI is InChI=1S/C16H16N4O4/c1-10-8-13(20(23)24)6-7-14(10)19-15(21)9-18-12-4-2-11(3-5-12)16(17)22/h2-8,18H,9H2,1H3,(H2,17,22)(H,19,21). The average Bonchev–Trinajstić information content (AvgIpc) is 2.55. The second-order valence-corrected chi connectivity index (χ2v) is 5.10. The molecule has 24 heavy (non-hydrogen) atoms. The summed E-state index contributed by atoms with van der Waals surface area (Å²) >= 11 is 0. The van der Waals surface area contributed by atoms with E-state index in [1.807, 2.05) is 0 Å². The van der Waals surface area contributed by atoms with Crippen LogP contribution in [0.1, 0.15) is 15.9 Å². The highest BCUT2D eigenvalue weighted by atomic mass is 16.6. The Labute approximate surface area is 137 Å². The second kappa shape index (κ2) is 7.23. The average molecular weight is 328 g/mol. The smallest absolute Gasteiger partial charge is 0.269 e. The van der Waals surface area contributed by atoms with Gasteiger partial charge in [0.2, 0.25) is 11.8 Å². The van der Waals surface area contributed by atoms with Crippen molar-refractivity contribution in [3.63, 3.8) is 0 Å². The minimum Gasteiger partial charge on any atom is -0.376 e. The zero-order chi connectivity index (χ0) is 17.7. The van der Waals surface area contributed by atoms with Gasteiger partial charge in [0.1, 0.15) is 0 Å². The Morgan fingerprint density at radius 2 is 1.83 bits per heavy atom. The predicted molar refractivity (Wildman–Crippen MR) is 89.9 cm³/mol. The van der Waals surface area contributed by atoms with E-state index in [1.54, 1.807) is 31.2 Å². The molecule has 0 unspecified atom stereocenters. The normalized spacial score (nSPS) is 10.0. The molecule has 0 heterocycles. The van der Waals surface area contributed by atoms with Gasteiger partial charge in [0.05, 0.1) is 11.5 Å². The van der Waals surface area contributed by atoms with Crippen LogP contribution in [0.25, 0.3) is 0 Å². The van der Waals surface area contributed by atoms with Gasteiger partial charge in [0.25, 0.3) is 5.69 Å². The first-order valence-corrected chi connectivity index (χ1v) is 7.05. The molecule has 2 rings (SSSR count). The topological polar surface area (TPSA) is 127 Å². The number of benzene rings is 2. The van der Waals surface area contributed by atoms with Gasteiger partial charge < -0.3 is 16.4 Å². The lowest BCUT2D eigenvalue weighted by Gasteiger charge is -2.10. The Hall–Kier alpha value is -3.42. The van der Waals surface area contributed by atoms with Gasteiger partial charge in [-0.1, -0.05) is 0 Å². The number of nitrogens with two attached hydrogens (primary N) is 1. The molecule has 0 fully saturated rings. The van der Waals surface area contributed by atoms with Crippen molar-refractivity contribution in [1.29, 1.82) is 0 Å². The number of nitro benzene ring substituents is 1. The van der Waals surface area contributed by atoms with E-state index in [0.29, 0.717) is 22.5 Å². The number of primary amides is 1. The molecule has 0 bridgehead atoms. The van der Waals surface area contributed by atoms with Crippen LogP contribution >= 0.6 is 0 Å². The van der Waals surface area contributed by atoms with Gasteiger partial charge in [-0.15, -0.1) is 0 Å². The third-order valence-corrected chi connectivity index (χ3v) is 3.32. The summed E-state index contributed by atoms with van der Waals surface area (Å²) in [7, 11) is 0. The summed E-state index contributed by atoms with van der Waals surface area (Å²) in [6.45, 7) is 1.69. The van der Waals surface area contributed by atoms with E-state index in [2.05, 4.69) is 10.6 Å². The van der Waals surface area contributed by atoms with Crippen LogP contribution in [0.3, 0.4) is 0 Å². The number of carbonyl (C=O) groups is 2. The van der Waals surface area contributed by atoms with Crippen LogP contribution < -0.4 is 16.4 Å². The molecule has 2 aromatic carbocycles. The maximum Gasteiger partial charge on any atom is 0.269 e. The largest absolute Gasteiger partial charge is 0.376 e. The summed E-state index contributed by atoms with van der Waals surface area (Å²) in [6, 6.07) is 10.6. The number of rotatable bonds is 6. The maximum absolute atomic E-state index is 12.0. The van der Waals surface area contributed by atoms with E-state index in [0.717, 1.165) is 0 Å². The molecule has 0 spiro atoms. The quantitative estimate of drug-likeness (QED) is 0.552. The Bertz CT molecular complexity index is 787. The highest BCUT2D eigenvalue weighted by Crippen LogP contribution is 2.21. The van der Waals surface area contributed by atoms with Crippen molar-refractivity contribution < 1.29 is 14.5 Å². The van der Waals surface area contributed by atoms with Gasteiger partial charge in [-0.3, -0.25) is 19.7 Å². The van der Waals surface area contributed by atoms with Crippen molar-refractivity contribution in [3.8, 4) is 0 Å². The Balaban J connectivity index is 1.93.